The molecule has 1 nitrogen and oxygen atoms in total. The second kappa shape index (κ2) is 4.76. The lowest BCUT2D eigenvalue weighted by atomic mass is 10.1. The molecule has 1 N–H and O–H groups in total. The molecule has 0 amide bonds. The topological polar surface area (TPSA) is 20.2 Å². The summed E-state index contributed by atoms with van der Waals surface area (Å²) in [5.41, 5.74) is 0. The van der Waals surface area contributed by atoms with Gasteiger partial charge in [-0.1, -0.05) is 32.6 Å². The zero-order valence-corrected chi connectivity index (χ0v) is 7.55. The second-order valence-electron chi connectivity index (χ2n) is 3.76. The molecule has 0 aliphatic heterocycles. The number of hydrogen-bond acceptors (Lipinski definition) is 1. The van der Waals surface area contributed by atoms with Crippen LogP contribution < -0.4 is 0 Å². The van der Waals surface area contributed by atoms with Crippen LogP contribution >= 0.6 is 0 Å². The number of aliphatic hydroxyl groups is 1. The van der Waals surface area contributed by atoms with E-state index in [1.165, 1.54) is 32.1 Å². The van der Waals surface area contributed by atoms with Crippen LogP contribution in [0.15, 0.2) is 0 Å². The molecule has 2 atom stereocenters. The van der Waals surface area contributed by atoms with E-state index in [0.29, 0.717) is 6.61 Å². The lowest BCUT2D eigenvalue weighted by molar-refractivity contribution is 0.276. The molecule has 0 saturated heterocycles. The van der Waals surface area contributed by atoms with Crippen molar-refractivity contribution in [2.75, 3.05) is 6.61 Å². The van der Waals surface area contributed by atoms with E-state index in [4.69, 9.17) is 5.11 Å². The molecule has 1 fully saturated rings. The fraction of sp³-hybridized carbons (Fsp3) is 1.00. The van der Waals surface area contributed by atoms with Crippen molar-refractivity contribution in [3.05, 3.63) is 0 Å². The van der Waals surface area contributed by atoms with Gasteiger partial charge in [0.2, 0.25) is 0 Å². The summed E-state index contributed by atoms with van der Waals surface area (Å²) in [7, 11) is 0. The minimum atomic E-state index is 0.398. The van der Waals surface area contributed by atoms with Crippen molar-refractivity contribution in [1.82, 2.24) is 0 Å². The molecule has 1 aliphatic carbocycles. The van der Waals surface area contributed by atoms with Crippen LogP contribution in [-0.2, 0) is 0 Å². The third kappa shape index (κ3) is 3.24. The van der Waals surface area contributed by atoms with Crippen LogP contribution in [0.1, 0.15) is 45.4 Å². The first-order valence-corrected chi connectivity index (χ1v) is 4.99. The highest BCUT2D eigenvalue weighted by atomic mass is 16.3. The van der Waals surface area contributed by atoms with Crippen molar-refractivity contribution >= 4 is 0 Å². The van der Waals surface area contributed by atoms with Gasteiger partial charge in [-0.2, -0.15) is 0 Å². The van der Waals surface area contributed by atoms with Crippen molar-refractivity contribution in [3.8, 4) is 0 Å². The van der Waals surface area contributed by atoms with Gasteiger partial charge in [0.1, 0.15) is 0 Å². The van der Waals surface area contributed by atoms with E-state index in [0.717, 1.165) is 18.3 Å². The summed E-state index contributed by atoms with van der Waals surface area (Å²) in [4.78, 5) is 0. The molecule has 2 unspecified atom stereocenters. The molecule has 0 aromatic carbocycles. The van der Waals surface area contributed by atoms with Crippen LogP contribution in [-0.4, -0.2) is 11.7 Å². The monoisotopic (exact) mass is 156 g/mol. The first kappa shape index (κ1) is 9.05. The Labute approximate surface area is 69.8 Å². The highest BCUT2D eigenvalue weighted by molar-refractivity contribution is 4.85. The van der Waals surface area contributed by atoms with Gasteiger partial charge < -0.3 is 5.11 Å². The van der Waals surface area contributed by atoms with Crippen LogP contribution in [0, 0.1) is 11.8 Å². The Morgan fingerprint density at radius 2 is 1.91 bits per heavy atom. The predicted molar refractivity (Wildman–Crippen MR) is 47.4 cm³/mol. The van der Waals surface area contributed by atoms with Gasteiger partial charge in [-0.15, -0.1) is 0 Å². The molecule has 0 bridgehead atoms. The van der Waals surface area contributed by atoms with E-state index in [9.17, 15) is 0 Å². The quantitative estimate of drug-likeness (QED) is 0.586. The molecular formula is C10H20O. The Hall–Kier alpha value is -0.0400. The molecule has 0 spiro atoms. The van der Waals surface area contributed by atoms with Gasteiger partial charge in [0.05, 0.1) is 0 Å². The fourth-order valence-corrected chi connectivity index (χ4v) is 1.84. The maximum atomic E-state index is 8.67. The molecule has 0 aromatic rings. The summed E-state index contributed by atoms with van der Waals surface area (Å²) in [6.45, 7) is 2.65. The molecule has 11 heavy (non-hydrogen) atoms. The number of hydrogen-bond donors (Lipinski definition) is 1. The highest BCUT2D eigenvalue weighted by Gasteiger charge is 2.34. The predicted octanol–water partition coefficient (Wildman–Crippen LogP) is 2.59. The number of aliphatic hydroxyl groups excluding tert-OH is 1. The smallest absolute Gasteiger partial charge is 0.0433 e. The molecule has 0 radical (unpaired) electrons. The first-order valence-electron chi connectivity index (χ1n) is 4.99. The van der Waals surface area contributed by atoms with E-state index in [1.807, 2.05) is 0 Å². The van der Waals surface area contributed by atoms with Crippen molar-refractivity contribution < 1.29 is 5.11 Å². The molecule has 1 rings (SSSR count). The Morgan fingerprint density at radius 3 is 2.55 bits per heavy atom. The molecule has 1 saturated carbocycles. The maximum absolute atomic E-state index is 8.67. The van der Waals surface area contributed by atoms with Crippen LogP contribution in [0.3, 0.4) is 0 Å². The van der Waals surface area contributed by atoms with Gasteiger partial charge in [0, 0.05) is 6.61 Å². The van der Waals surface area contributed by atoms with Gasteiger partial charge in [-0.05, 0) is 24.7 Å². The third-order valence-corrected chi connectivity index (χ3v) is 2.75. The van der Waals surface area contributed by atoms with Gasteiger partial charge in [0.15, 0.2) is 0 Å². The minimum Gasteiger partial charge on any atom is -0.396 e. The van der Waals surface area contributed by atoms with Crippen molar-refractivity contribution in [1.29, 1.82) is 0 Å². The Bertz CT molecular complexity index is 101. The van der Waals surface area contributed by atoms with Crippen molar-refractivity contribution in [2.24, 2.45) is 11.8 Å². The van der Waals surface area contributed by atoms with Gasteiger partial charge in [0.25, 0.3) is 0 Å². The normalized spacial score (nSPS) is 28.9. The molecule has 0 aromatic heterocycles. The van der Waals surface area contributed by atoms with Crippen molar-refractivity contribution in [3.63, 3.8) is 0 Å². The Balaban J connectivity index is 1.87. The van der Waals surface area contributed by atoms with E-state index in [1.54, 1.807) is 0 Å². The molecule has 66 valence electrons. The zero-order valence-electron chi connectivity index (χ0n) is 7.55. The minimum absolute atomic E-state index is 0.398. The van der Waals surface area contributed by atoms with Crippen LogP contribution in [0.4, 0.5) is 0 Å². The summed E-state index contributed by atoms with van der Waals surface area (Å²) in [5, 5.41) is 8.67. The third-order valence-electron chi connectivity index (χ3n) is 2.75. The lowest BCUT2D eigenvalue weighted by Crippen LogP contribution is -1.88. The molecular weight excluding hydrogens is 136 g/mol. The number of rotatable bonds is 6. The Morgan fingerprint density at radius 1 is 1.18 bits per heavy atom. The summed E-state index contributed by atoms with van der Waals surface area (Å²) >= 11 is 0. The number of unbranched alkanes of at least 4 members (excludes halogenated alkanes) is 2. The maximum Gasteiger partial charge on any atom is 0.0433 e. The average Bonchev–Trinajstić information content (AvgIpc) is 2.70. The first-order chi connectivity index (χ1) is 5.38. The molecule has 0 heterocycles. The van der Waals surface area contributed by atoms with Crippen LogP contribution in [0.25, 0.3) is 0 Å². The summed E-state index contributed by atoms with van der Waals surface area (Å²) in [6, 6.07) is 0. The van der Waals surface area contributed by atoms with E-state index >= 15 is 0 Å². The summed E-state index contributed by atoms with van der Waals surface area (Å²) in [6.07, 6.45) is 7.99. The zero-order chi connectivity index (χ0) is 8.10. The molecule has 1 aliphatic rings. The van der Waals surface area contributed by atoms with Crippen LogP contribution in [0.5, 0.6) is 0 Å². The SMILES string of the molecule is CCCCCC1CC1CCO. The Kier molecular flexibility index (Phi) is 3.92. The standard InChI is InChI=1S/C10H20O/c1-2-3-4-5-9-8-10(9)6-7-11/h9-11H,2-8H2,1H3. The largest absolute Gasteiger partial charge is 0.396 e. The average molecular weight is 156 g/mol. The highest BCUT2D eigenvalue weighted by Crippen LogP contribution is 2.44. The lowest BCUT2D eigenvalue weighted by Gasteiger charge is -1.97. The summed E-state index contributed by atoms with van der Waals surface area (Å²) in [5.74, 6) is 1.87. The van der Waals surface area contributed by atoms with Crippen molar-refractivity contribution in [2.45, 2.75) is 45.4 Å². The summed E-state index contributed by atoms with van der Waals surface area (Å²) < 4.78 is 0. The van der Waals surface area contributed by atoms with E-state index < -0.39 is 0 Å². The van der Waals surface area contributed by atoms with Gasteiger partial charge in [-0.3, -0.25) is 0 Å². The van der Waals surface area contributed by atoms with E-state index in [2.05, 4.69) is 6.92 Å². The van der Waals surface area contributed by atoms with E-state index in [-0.39, 0.29) is 0 Å². The van der Waals surface area contributed by atoms with Gasteiger partial charge in [-0.25, -0.2) is 0 Å². The second-order valence-corrected chi connectivity index (χ2v) is 3.76. The fourth-order valence-electron chi connectivity index (χ4n) is 1.84. The molecule has 1 heteroatoms. The van der Waals surface area contributed by atoms with Crippen LogP contribution in [0.2, 0.25) is 0 Å². The van der Waals surface area contributed by atoms with Gasteiger partial charge >= 0.3 is 0 Å².